The number of aliphatic hydroxyl groups is 1. The van der Waals surface area contributed by atoms with Gasteiger partial charge in [0.25, 0.3) is 0 Å². The average Bonchev–Trinajstić information content (AvgIpc) is 3.01. The zero-order valence-corrected chi connectivity index (χ0v) is 14.2. The molecule has 0 bridgehead atoms. The van der Waals surface area contributed by atoms with E-state index in [-0.39, 0.29) is 12.1 Å². The van der Waals surface area contributed by atoms with E-state index in [4.69, 9.17) is 5.73 Å². The molecule has 2 aromatic heterocycles. The Morgan fingerprint density at radius 1 is 1.32 bits per heavy atom. The lowest BCUT2D eigenvalue weighted by molar-refractivity contribution is 0.193. The van der Waals surface area contributed by atoms with Crippen molar-refractivity contribution < 1.29 is 5.11 Å². The normalized spacial score (nSPS) is 25.8. The molecule has 3 heterocycles. The molecule has 1 fully saturated rings. The maximum absolute atomic E-state index is 10.1. The van der Waals surface area contributed by atoms with Crippen LogP contribution in [0.3, 0.4) is 0 Å². The molecule has 1 saturated heterocycles. The molecule has 2 aromatic rings. The minimum Gasteiger partial charge on any atom is -0.391 e. The number of nitrogens with zero attached hydrogens (tertiary/aromatic N) is 4. The average molecular weight is 340 g/mol. The summed E-state index contributed by atoms with van der Waals surface area (Å²) in [6, 6.07) is 6.46. The number of aliphatic hydroxyl groups excluding tert-OH is 1. The monoisotopic (exact) mass is 340 g/mol. The second-order valence-electron chi connectivity index (χ2n) is 6.89. The zero-order valence-electron chi connectivity index (χ0n) is 14.2. The third-order valence-electron chi connectivity index (χ3n) is 5.17. The molecule has 7 nitrogen and oxygen atoms in total. The van der Waals surface area contributed by atoms with Crippen LogP contribution in [0.25, 0.3) is 0 Å². The Labute approximate surface area is 147 Å². The first-order chi connectivity index (χ1) is 12.2. The van der Waals surface area contributed by atoms with Gasteiger partial charge in [-0.15, -0.1) is 0 Å². The molecule has 4 N–H and O–H groups in total. The first kappa shape index (κ1) is 16.2. The van der Waals surface area contributed by atoms with Crippen LogP contribution in [-0.2, 0) is 6.42 Å². The highest BCUT2D eigenvalue weighted by Crippen LogP contribution is 2.29. The molecule has 7 heteroatoms. The van der Waals surface area contributed by atoms with E-state index >= 15 is 0 Å². The summed E-state index contributed by atoms with van der Waals surface area (Å²) in [6.07, 6.45) is 7.06. The lowest BCUT2D eigenvalue weighted by Gasteiger charge is -2.30. The van der Waals surface area contributed by atoms with Crippen molar-refractivity contribution in [1.82, 2.24) is 20.3 Å². The van der Waals surface area contributed by atoms with Crippen LogP contribution in [0.2, 0.25) is 0 Å². The Morgan fingerprint density at radius 3 is 3.12 bits per heavy atom. The van der Waals surface area contributed by atoms with Gasteiger partial charge in [0, 0.05) is 43.1 Å². The van der Waals surface area contributed by atoms with E-state index in [0.717, 1.165) is 38.0 Å². The van der Waals surface area contributed by atoms with Crippen molar-refractivity contribution in [3.05, 3.63) is 42.0 Å². The zero-order chi connectivity index (χ0) is 17.2. The molecule has 1 aliphatic heterocycles. The second-order valence-corrected chi connectivity index (χ2v) is 6.89. The molecule has 0 radical (unpaired) electrons. The Balaban J connectivity index is 1.47. The van der Waals surface area contributed by atoms with Gasteiger partial charge in [-0.25, -0.2) is 9.97 Å². The van der Waals surface area contributed by atoms with Crippen molar-refractivity contribution in [2.45, 2.75) is 43.9 Å². The Bertz CT molecular complexity index is 739. The van der Waals surface area contributed by atoms with Crippen LogP contribution in [0.15, 0.2) is 30.7 Å². The SMILES string of the molecule is Nc1cc(N2C[C@H](O)C[C@@H]2CNC2CCCc3ncccc32)ncn1. The van der Waals surface area contributed by atoms with Crippen LogP contribution in [0.4, 0.5) is 11.6 Å². The van der Waals surface area contributed by atoms with E-state index in [2.05, 4.69) is 31.2 Å². The number of fused-ring (bicyclic) bond motifs is 1. The molecule has 1 unspecified atom stereocenters. The maximum atomic E-state index is 10.1. The first-order valence-electron chi connectivity index (χ1n) is 8.90. The van der Waals surface area contributed by atoms with E-state index in [9.17, 15) is 5.11 Å². The standard InChI is InChI=1S/C18H24N6O/c19-17-8-18(23-11-22-17)24-10-13(25)7-12(24)9-21-16-5-1-4-15-14(16)3-2-6-20-15/h2-3,6,8,11-13,16,21,25H,1,4-5,7,9-10H2,(H2,19,22,23)/t12-,13-,16?/m1/s1. The van der Waals surface area contributed by atoms with Crippen molar-refractivity contribution in [2.24, 2.45) is 0 Å². The lowest BCUT2D eigenvalue weighted by atomic mass is 9.91. The van der Waals surface area contributed by atoms with Crippen LogP contribution in [0, 0.1) is 0 Å². The number of hydrogen-bond acceptors (Lipinski definition) is 7. The summed E-state index contributed by atoms with van der Waals surface area (Å²) in [5.41, 5.74) is 8.30. The number of nitrogen functional groups attached to an aromatic ring is 1. The fraction of sp³-hybridized carbons (Fsp3) is 0.500. The Kier molecular flexibility index (Phi) is 4.50. The van der Waals surface area contributed by atoms with Crippen molar-refractivity contribution >= 4 is 11.6 Å². The van der Waals surface area contributed by atoms with Crippen LogP contribution >= 0.6 is 0 Å². The van der Waals surface area contributed by atoms with Crippen molar-refractivity contribution in [1.29, 1.82) is 0 Å². The van der Waals surface area contributed by atoms with Gasteiger partial charge in [0.15, 0.2) is 0 Å². The number of aryl methyl sites for hydroxylation is 1. The summed E-state index contributed by atoms with van der Waals surface area (Å²) in [5, 5.41) is 13.8. The Hall–Kier alpha value is -2.25. The van der Waals surface area contributed by atoms with Gasteiger partial charge >= 0.3 is 0 Å². The number of aromatic nitrogens is 3. The van der Waals surface area contributed by atoms with Crippen LogP contribution in [0.1, 0.15) is 36.6 Å². The summed E-state index contributed by atoms with van der Waals surface area (Å²) in [7, 11) is 0. The number of rotatable bonds is 4. The molecule has 0 aromatic carbocycles. The molecular weight excluding hydrogens is 316 g/mol. The summed E-state index contributed by atoms with van der Waals surface area (Å²) in [4.78, 5) is 14.9. The highest BCUT2D eigenvalue weighted by Gasteiger charge is 2.32. The highest BCUT2D eigenvalue weighted by atomic mass is 16.3. The minimum absolute atomic E-state index is 0.186. The summed E-state index contributed by atoms with van der Waals surface area (Å²) >= 11 is 0. The number of anilines is 2. The smallest absolute Gasteiger partial charge is 0.134 e. The van der Waals surface area contributed by atoms with Gasteiger partial charge in [-0.1, -0.05) is 6.07 Å². The number of nitrogens with one attached hydrogen (secondary N) is 1. The van der Waals surface area contributed by atoms with Crippen molar-refractivity contribution in [3.63, 3.8) is 0 Å². The van der Waals surface area contributed by atoms with Gasteiger partial charge in [0.05, 0.1) is 6.10 Å². The quantitative estimate of drug-likeness (QED) is 0.765. The molecule has 4 rings (SSSR count). The fourth-order valence-corrected chi connectivity index (χ4v) is 3.98. The molecule has 132 valence electrons. The number of hydrogen-bond donors (Lipinski definition) is 3. The number of nitrogens with two attached hydrogens (primary N) is 1. The molecule has 2 aliphatic rings. The van der Waals surface area contributed by atoms with Gasteiger partial charge in [-0.3, -0.25) is 4.98 Å². The summed E-state index contributed by atoms with van der Waals surface area (Å²) in [5.74, 6) is 1.23. The number of pyridine rings is 1. The molecule has 3 atom stereocenters. The predicted octanol–water partition coefficient (Wildman–Crippen LogP) is 1.06. The fourth-order valence-electron chi connectivity index (χ4n) is 3.98. The predicted molar refractivity (Wildman–Crippen MR) is 96.1 cm³/mol. The Morgan fingerprint density at radius 2 is 2.24 bits per heavy atom. The van der Waals surface area contributed by atoms with E-state index in [1.165, 1.54) is 17.6 Å². The van der Waals surface area contributed by atoms with E-state index in [0.29, 0.717) is 18.4 Å². The van der Waals surface area contributed by atoms with E-state index < -0.39 is 0 Å². The van der Waals surface area contributed by atoms with Gasteiger partial charge in [0.1, 0.15) is 18.0 Å². The molecule has 0 saturated carbocycles. The van der Waals surface area contributed by atoms with Crippen LogP contribution in [0.5, 0.6) is 0 Å². The van der Waals surface area contributed by atoms with Crippen molar-refractivity contribution in [2.75, 3.05) is 23.7 Å². The summed E-state index contributed by atoms with van der Waals surface area (Å²) < 4.78 is 0. The van der Waals surface area contributed by atoms with Gasteiger partial charge in [0.2, 0.25) is 0 Å². The topological polar surface area (TPSA) is 100 Å². The van der Waals surface area contributed by atoms with Crippen molar-refractivity contribution in [3.8, 4) is 0 Å². The number of β-amino-alcohol motifs (C(OH)–C–C–N with tert-alkyl or cyclic N) is 1. The van der Waals surface area contributed by atoms with Crippen LogP contribution in [-0.4, -0.2) is 45.3 Å². The summed E-state index contributed by atoms with van der Waals surface area (Å²) in [6.45, 7) is 1.37. The molecule has 1 aliphatic carbocycles. The third kappa shape index (κ3) is 3.43. The minimum atomic E-state index is -0.344. The second kappa shape index (κ2) is 6.93. The van der Waals surface area contributed by atoms with Gasteiger partial charge in [-0.05, 0) is 37.3 Å². The molecule has 0 amide bonds. The van der Waals surface area contributed by atoms with E-state index in [1.54, 1.807) is 6.07 Å². The first-order valence-corrected chi connectivity index (χ1v) is 8.90. The largest absolute Gasteiger partial charge is 0.391 e. The molecule has 25 heavy (non-hydrogen) atoms. The van der Waals surface area contributed by atoms with Gasteiger partial charge in [-0.2, -0.15) is 0 Å². The van der Waals surface area contributed by atoms with Gasteiger partial charge < -0.3 is 21.1 Å². The molecule has 0 spiro atoms. The lowest BCUT2D eigenvalue weighted by Crippen LogP contribution is -2.40. The van der Waals surface area contributed by atoms with Crippen LogP contribution < -0.4 is 16.0 Å². The maximum Gasteiger partial charge on any atom is 0.134 e. The molecular formula is C18H24N6O. The highest BCUT2D eigenvalue weighted by molar-refractivity contribution is 5.48. The van der Waals surface area contributed by atoms with E-state index in [1.807, 2.05) is 12.3 Å². The third-order valence-corrected chi connectivity index (χ3v) is 5.17.